The van der Waals surface area contributed by atoms with Crippen LogP contribution in [0.1, 0.15) is 21.6 Å². The average Bonchev–Trinajstić information content (AvgIpc) is 2.70. The summed E-state index contributed by atoms with van der Waals surface area (Å²) in [6, 6.07) is 14.8. The van der Waals surface area contributed by atoms with Crippen molar-refractivity contribution < 1.29 is 14.3 Å². The molecule has 0 atom stereocenters. The van der Waals surface area contributed by atoms with Crippen LogP contribution in [0.4, 0.5) is 17.1 Å². The van der Waals surface area contributed by atoms with E-state index in [2.05, 4.69) is 15.6 Å². The molecule has 1 amide bonds. The fourth-order valence-corrected chi connectivity index (χ4v) is 2.81. The van der Waals surface area contributed by atoms with Gasteiger partial charge in [-0.2, -0.15) is 0 Å². The van der Waals surface area contributed by atoms with Gasteiger partial charge in [0.2, 0.25) is 0 Å². The second kappa shape index (κ2) is 8.43. The second-order valence-corrected chi connectivity index (χ2v) is 6.40. The largest absolute Gasteiger partial charge is 0.497 e. The Hall–Kier alpha value is -3.54. The number of hydrogen-bond donors (Lipinski definition) is 2. The molecule has 0 aliphatic rings. The lowest BCUT2D eigenvalue weighted by molar-refractivity contribution is 0.102. The molecule has 0 spiro atoms. The normalized spacial score (nSPS) is 10.3. The highest BCUT2D eigenvalue weighted by molar-refractivity contribution is 6.03. The number of hydrogen-bond acceptors (Lipinski definition) is 5. The number of carbonyl (C=O) groups is 1. The summed E-state index contributed by atoms with van der Waals surface area (Å²) < 4.78 is 10.6. The predicted octanol–water partition coefficient (Wildman–Crippen LogP) is 4.71. The molecule has 0 aliphatic heterocycles. The fourth-order valence-electron chi connectivity index (χ4n) is 2.81. The number of benzene rings is 2. The smallest absolute Gasteiger partial charge is 0.274 e. The molecular weight excluding hydrogens is 354 g/mol. The summed E-state index contributed by atoms with van der Waals surface area (Å²) in [5, 5.41) is 6.13. The first-order valence-corrected chi connectivity index (χ1v) is 8.84. The number of amides is 1. The summed E-state index contributed by atoms with van der Waals surface area (Å²) in [5.41, 5.74) is 4.75. The number of carbonyl (C=O) groups excluding carboxylic acids is 1. The number of nitrogens with one attached hydrogen (secondary N) is 2. The number of aryl methyl sites for hydroxylation is 2. The lowest BCUT2D eigenvalue weighted by atomic mass is 10.1. The van der Waals surface area contributed by atoms with E-state index in [0.29, 0.717) is 17.2 Å². The molecule has 2 aromatic carbocycles. The molecule has 0 saturated carbocycles. The number of nitrogens with zero attached hydrogens (tertiary/aromatic N) is 1. The molecule has 0 fully saturated rings. The first-order valence-electron chi connectivity index (χ1n) is 8.84. The zero-order chi connectivity index (χ0) is 20.1. The maximum Gasteiger partial charge on any atom is 0.274 e. The van der Waals surface area contributed by atoms with Crippen molar-refractivity contribution in [2.75, 3.05) is 24.9 Å². The van der Waals surface area contributed by atoms with E-state index < -0.39 is 0 Å². The Labute approximate surface area is 164 Å². The molecule has 6 nitrogen and oxygen atoms in total. The van der Waals surface area contributed by atoms with Crippen molar-refractivity contribution in [1.82, 2.24) is 4.98 Å². The summed E-state index contributed by atoms with van der Waals surface area (Å²) in [5.74, 6) is 1.13. The molecule has 144 valence electrons. The van der Waals surface area contributed by atoms with Gasteiger partial charge in [0, 0.05) is 11.8 Å². The van der Waals surface area contributed by atoms with Crippen LogP contribution in [0.15, 0.2) is 54.7 Å². The van der Waals surface area contributed by atoms with E-state index in [-0.39, 0.29) is 5.91 Å². The zero-order valence-electron chi connectivity index (χ0n) is 16.4. The van der Waals surface area contributed by atoms with Gasteiger partial charge in [-0.1, -0.05) is 17.7 Å². The molecule has 0 bridgehead atoms. The van der Waals surface area contributed by atoms with E-state index >= 15 is 0 Å². The zero-order valence-corrected chi connectivity index (χ0v) is 16.4. The quantitative estimate of drug-likeness (QED) is 0.651. The van der Waals surface area contributed by atoms with Crippen LogP contribution in [0, 0.1) is 13.8 Å². The van der Waals surface area contributed by atoms with Crippen molar-refractivity contribution in [3.63, 3.8) is 0 Å². The molecule has 3 rings (SSSR count). The van der Waals surface area contributed by atoms with Gasteiger partial charge in [0.1, 0.15) is 17.2 Å². The minimum atomic E-state index is -0.252. The molecule has 3 aromatic rings. The molecular formula is C22H23N3O3. The number of rotatable bonds is 6. The van der Waals surface area contributed by atoms with Gasteiger partial charge in [0.25, 0.3) is 5.91 Å². The van der Waals surface area contributed by atoms with Crippen molar-refractivity contribution in [2.45, 2.75) is 13.8 Å². The van der Waals surface area contributed by atoms with Crippen LogP contribution in [0.2, 0.25) is 0 Å². The fraction of sp³-hybridized carbons (Fsp3) is 0.182. The Bertz CT molecular complexity index is 985. The van der Waals surface area contributed by atoms with Crippen molar-refractivity contribution in [3.05, 3.63) is 71.5 Å². The van der Waals surface area contributed by atoms with Crippen molar-refractivity contribution >= 4 is 23.0 Å². The molecule has 2 N–H and O–H groups in total. The Kier molecular flexibility index (Phi) is 5.79. The van der Waals surface area contributed by atoms with Crippen LogP contribution in [0.25, 0.3) is 0 Å². The second-order valence-electron chi connectivity index (χ2n) is 6.40. The number of aromatic nitrogens is 1. The van der Waals surface area contributed by atoms with E-state index in [9.17, 15) is 4.79 Å². The van der Waals surface area contributed by atoms with Crippen LogP contribution < -0.4 is 20.1 Å². The molecule has 6 heteroatoms. The number of anilines is 3. The van der Waals surface area contributed by atoms with Gasteiger partial charge in [-0.05, 0) is 49.7 Å². The number of ether oxygens (including phenoxy) is 2. The molecule has 1 aromatic heterocycles. The number of methoxy groups -OCH3 is 2. The molecule has 0 saturated heterocycles. The van der Waals surface area contributed by atoms with E-state index in [4.69, 9.17) is 9.47 Å². The van der Waals surface area contributed by atoms with E-state index in [1.807, 2.05) is 50.2 Å². The average molecular weight is 377 g/mol. The van der Waals surface area contributed by atoms with E-state index in [1.165, 1.54) is 0 Å². The Morgan fingerprint density at radius 3 is 2.39 bits per heavy atom. The first-order chi connectivity index (χ1) is 13.5. The molecule has 0 aliphatic carbocycles. The summed E-state index contributed by atoms with van der Waals surface area (Å²) in [7, 11) is 3.21. The Balaban J connectivity index is 1.74. The van der Waals surface area contributed by atoms with Gasteiger partial charge in [-0.25, -0.2) is 4.98 Å². The van der Waals surface area contributed by atoms with Gasteiger partial charge < -0.3 is 20.1 Å². The van der Waals surface area contributed by atoms with Crippen LogP contribution in [-0.4, -0.2) is 25.1 Å². The third kappa shape index (κ3) is 4.40. The van der Waals surface area contributed by atoms with Crippen molar-refractivity contribution in [2.24, 2.45) is 0 Å². The van der Waals surface area contributed by atoms with Gasteiger partial charge in [-0.15, -0.1) is 0 Å². The van der Waals surface area contributed by atoms with Crippen LogP contribution in [-0.2, 0) is 0 Å². The van der Waals surface area contributed by atoms with Gasteiger partial charge in [0.15, 0.2) is 0 Å². The molecule has 28 heavy (non-hydrogen) atoms. The number of pyridine rings is 1. The highest BCUT2D eigenvalue weighted by atomic mass is 16.5. The standard InChI is InChI=1S/C22H23N3O3/c1-14-5-8-18(15(2)11-14)25-22(26)19-9-6-16(13-23-19)24-20-12-17(27-3)7-10-21(20)28-4/h5-13,24H,1-4H3,(H,25,26). The molecule has 1 heterocycles. The van der Waals surface area contributed by atoms with Gasteiger partial charge in [-0.3, -0.25) is 4.79 Å². The third-order valence-corrected chi connectivity index (χ3v) is 4.31. The summed E-state index contributed by atoms with van der Waals surface area (Å²) >= 11 is 0. The van der Waals surface area contributed by atoms with Crippen molar-refractivity contribution in [3.8, 4) is 11.5 Å². The minimum absolute atomic E-state index is 0.252. The van der Waals surface area contributed by atoms with E-state index in [0.717, 1.165) is 28.2 Å². The van der Waals surface area contributed by atoms with Gasteiger partial charge >= 0.3 is 0 Å². The Morgan fingerprint density at radius 2 is 1.75 bits per heavy atom. The summed E-state index contributed by atoms with van der Waals surface area (Å²) in [6.07, 6.45) is 1.61. The monoisotopic (exact) mass is 377 g/mol. The third-order valence-electron chi connectivity index (χ3n) is 4.31. The maximum absolute atomic E-state index is 12.5. The minimum Gasteiger partial charge on any atom is -0.497 e. The first kappa shape index (κ1) is 19.2. The Morgan fingerprint density at radius 1 is 0.929 bits per heavy atom. The lowest BCUT2D eigenvalue weighted by Gasteiger charge is -2.13. The van der Waals surface area contributed by atoms with E-state index in [1.54, 1.807) is 32.5 Å². The maximum atomic E-state index is 12.5. The summed E-state index contributed by atoms with van der Waals surface area (Å²) in [4.78, 5) is 16.7. The molecule has 0 unspecified atom stereocenters. The highest BCUT2D eigenvalue weighted by Gasteiger charge is 2.10. The predicted molar refractivity (Wildman–Crippen MR) is 111 cm³/mol. The lowest BCUT2D eigenvalue weighted by Crippen LogP contribution is -2.14. The van der Waals surface area contributed by atoms with Crippen molar-refractivity contribution in [1.29, 1.82) is 0 Å². The van der Waals surface area contributed by atoms with Crippen LogP contribution in [0.5, 0.6) is 11.5 Å². The highest BCUT2D eigenvalue weighted by Crippen LogP contribution is 2.31. The SMILES string of the molecule is COc1ccc(OC)c(Nc2ccc(C(=O)Nc3ccc(C)cc3C)nc2)c1. The summed E-state index contributed by atoms with van der Waals surface area (Å²) in [6.45, 7) is 3.98. The van der Waals surface area contributed by atoms with Crippen LogP contribution in [0.3, 0.4) is 0 Å². The van der Waals surface area contributed by atoms with Crippen LogP contribution >= 0.6 is 0 Å². The van der Waals surface area contributed by atoms with Gasteiger partial charge in [0.05, 0.1) is 31.8 Å². The molecule has 0 radical (unpaired) electrons. The topological polar surface area (TPSA) is 72.5 Å².